The van der Waals surface area contributed by atoms with E-state index in [9.17, 15) is 4.79 Å². The van der Waals surface area contributed by atoms with E-state index in [0.29, 0.717) is 28.3 Å². The van der Waals surface area contributed by atoms with Gasteiger partial charge in [0, 0.05) is 49.9 Å². The average molecular weight is 556 g/mol. The molecule has 5 rings (SSSR count). The van der Waals surface area contributed by atoms with E-state index in [4.69, 9.17) is 39.5 Å². The number of carbonyl (C=O) groups excluding carboxylic acids is 1. The number of carbonyl (C=O) groups is 1. The van der Waals surface area contributed by atoms with Crippen LogP contribution >= 0.6 is 34.8 Å². The van der Waals surface area contributed by atoms with Gasteiger partial charge in [-0.25, -0.2) is 9.78 Å². The van der Waals surface area contributed by atoms with Crippen molar-refractivity contribution in [2.75, 3.05) is 20.2 Å². The monoisotopic (exact) mass is 554 g/mol. The second-order valence-electron chi connectivity index (χ2n) is 8.85. The minimum atomic E-state index is -0.217. The van der Waals surface area contributed by atoms with Crippen LogP contribution in [0.2, 0.25) is 15.2 Å². The van der Waals surface area contributed by atoms with E-state index >= 15 is 0 Å². The molecule has 2 aromatic carbocycles. The van der Waals surface area contributed by atoms with Crippen LogP contribution in [0.4, 0.5) is 4.79 Å². The number of amides is 1. The number of hydrogen-bond donors (Lipinski definition) is 1. The van der Waals surface area contributed by atoms with Gasteiger partial charge in [0.15, 0.2) is 0 Å². The SMILES string of the molecule is COc1ccc(C=CCN2CCc3c(c4cc(Cl)c(Cl)cc4n3C(=O)NCc3ccnc(Cl)c3)C2)cc1. The van der Waals surface area contributed by atoms with Crippen LogP contribution in [0.25, 0.3) is 17.0 Å². The van der Waals surface area contributed by atoms with Crippen LogP contribution in [-0.4, -0.2) is 40.7 Å². The molecule has 2 aromatic heterocycles. The fourth-order valence-corrected chi connectivity index (χ4v) is 5.17. The molecule has 0 unspecified atom stereocenters. The van der Waals surface area contributed by atoms with Crippen molar-refractivity contribution in [1.29, 1.82) is 0 Å². The zero-order valence-corrected chi connectivity index (χ0v) is 22.4. The molecular weight excluding hydrogens is 531 g/mol. The van der Waals surface area contributed by atoms with Gasteiger partial charge < -0.3 is 10.1 Å². The Morgan fingerprint density at radius 1 is 1.11 bits per heavy atom. The van der Waals surface area contributed by atoms with Crippen LogP contribution in [0.1, 0.15) is 22.4 Å². The molecule has 0 saturated heterocycles. The molecule has 1 N–H and O–H groups in total. The number of halogens is 3. The first-order chi connectivity index (χ1) is 17.9. The molecule has 0 fully saturated rings. The van der Waals surface area contributed by atoms with Crippen molar-refractivity contribution in [1.82, 2.24) is 19.8 Å². The summed E-state index contributed by atoms with van der Waals surface area (Å²) in [5.41, 5.74) is 4.81. The molecule has 190 valence electrons. The Balaban J connectivity index is 1.38. The van der Waals surface area contributed by atoms with Gasteiger partial charge in [-0.3, -0.25) is 9.47 Å². The first-order valence-electron chi connectivity index (χ1n) is 11.9. The minimum absolute atomic E-state index is 0.217. The fraction of sp³-hybridized carbons (Fsp3) is 0.214. The zero-order valence-electron chi connectivity index (χ0n) is 20.2. The lowest BCUT2D eigenvalue weighted by molar-refractivity contribution is 0.240. The highest BCUT2D eigenvalue weighted by molar-refractivity contribution is 6.42. The Hall–Kier alpha value is -3.03. The average Bonchev–Trinajstić information content (AvgIpc) is 3.20. The molecule has 37 heavy (non-hydrogen) atoms. The van der Waals surface area contributed by atoms with Crippen molar-refractivity contribution < 1.29 is 9.53 Å². The highest BCUT2D eigenvalue weighted by atomic mass is 35.5. The molecule has 1 amide bonds. The van der Waals surface area contributed by atoms with Crippen molar-refractivity contribution in [3.8, 4) is 5.75 Å². The Bertz CT molecular complexity index is 1480. The van der Waals surface area contributed by atoms with E-state index < -0.39 is 0 Å². The van der Waals surface area contributed by atoms with E-state index in [1.54, 1.807) is 30.0 Å². The van der Waals surface area contributed by atoms with E-state index in [2.05, 4.69) is 27.4 Å². The summed E-state index contributed by atoms with van der Waals surface area (Å²) >= 11 is 18.7. The third-order valence-corrected chi connectivity index (χ3v) is 7.43. The van der Waals surface area contributed by atoms with Gasteiger partial charge in [-0.2, -0.15) is 0 Å². The van der Waals surface area contributed by atoms with Crippen LogP contribution in [0.5, 0.6) is 5.75 Å². The summed E-state index contributed by atoms with van der Waals surface area (Å²) in [7, 11) is 1.66. The van der Waals surface area contributed by atoms with Crippen molar-refractivity contribution in [2.45, 2.75) is 19.5 Å². The van der Waals surface area contributed by atoms with Crippen molar-refractivity contribution in [3.05, 3.63) is 98.4 Å². The van der Waals surface area contributed by atoms with Crippen LogP contribution in [0.3, 0.4) is 0 Å². The molecule has 9 heteroatoms. The summed E-state index contributed by atoms with van der Waals surface area (Å²) in [6.45, 7) is 2.65. The van der Waals surface area contributed by atoms with Gasteiger partial charge >= 0.3 is 6.03 Å². The molecular formula is C28H25Cl3N4O2. The van der Waals surface area contributed by atoms with Gasteiger partial charge in [0.05, 0.1) is 22.7 Å². The van der Waals surface area contributed by atoms with Crippen LogP contribution in [0.15, 0.2) is 60.8 Å². The molecule has 0 aliphatic carbocycles. The van der Waals surface area contributed by atoms with Crippen LogP contribution < -0.4 is 10.1 Å². The number of nitrogens with one attached hydrogen (secondary N) is 1. The normalized spacial score (nSPS) is 13.7. The van der Waals surface area contributed by atoms with Crippen molar-refractivity contribution >= 4 is 57.8 Å². The Kier molecular flexibility index (Phi) is 7.72. The topological polar surface area (TPSA) is 59.4 Å². The molecule has 3 heterocycles. The van der Waals surface area contributed by atoms with Gasteiger partial charge in [-0.05, 0) is 53.1 Å². The predicted molar refractivity (Wildman–Crippen MR) is 150 cm³/mol. The predicted octanol–water partition coefficient (Wildman–Crippen LogP) is 6.83. The van der Waals surface area contributed by atoms with E-state index in [0.717, 1.165) is 58.5 Å². The fourth-order valence-electron chi connectivity index (χ4n) is 4.65. The van der Waals surface area contributed by atoms with Gasteiger partial charge in [0.1, 0.15) is 10.9 Å². The van der Waals surface area contributed by atoms with Gasteiger partial charge in [0.2, 0.25) is 0 Å². The van der Waals surface area contributed by atoms with E-state index in [-0.39, 0.29) is 6.03 Å². The third-order valence-electron chi connectivity index (χ3n) is 6.50. The zero-order chi connectivity index (χ0) is 25.9. The highest BCUT2D eigenvalue weighted by Crippen LogP contribution is 2.36. The molecule has 1 aliphatic rings. The number of aromatic nitrogens is 2. The van der Waals surface area contributed by atoms with Gasteiger partial charge in [0.25, 0.3) is 0 Å². The first-order valence-corrected chi connectivity index (χ1v) is 13.0. The molecule has 0 saturated carbocycles. The summed E-state index contributed by atoms with van der Waals surface area (Å²) in [6.07, 6.45) is 6.61. The number of benzene rings is 2. The Morgan fingerprint density at radius 3 is 2.65 bits per heavy atom. The lowest BCUT2D eigenvalue weighted by atomic mass is 10.0. The number of methoxy groups -OCH3 is 1. The minimum Gasteiger partial charge on any atom is -0.497 e. The maximum atomic E-state index is 13.4. The number of hydrogen-bond acceptors (Lipinski definition) is 4. The lowest BCUT2D eigenvalue weighted by Gasteiger charge is -2.27. The molecule has 0 radical (unpaired) electrons. The summed E-state index contributed by atoms with van der Waals surface area (Å²) < 4.78 is 6.96. The maximum absolute atomic E-state index is 13.4. The summed E-state index contributed by atoms with van der Waals surface area (Å²) in [5.74, 6) is 0.837. The third kappa shape index (κ3) is 5.63. The smallest absolute Gasteiger partial charge is 0.326 e. The number of nitrogens with zero attached hydrogens (tertiary/aromatic N) is 3. The standard InChI is InChI=1S/C28H25Cl3N4O2/c1-37-20-6-4-18(5-7-20)3-2-11-34-12-9-25-22(17-34)21-14-23(29)24(30)15-26(21)35(25)28(36)33-16-19-8-10-32-27(31)13-19/h2-8,10,13-15H,9,11-12,16-17H2,1H3,(H,33,36). The van der Waals surface area contributed by atoms with Crippen molar-refractivity contribution in [2.24, 2.45) is 0 Å². The molecule has 1 aliphatic heterocycles. The number of pyridine rings is 1. The molecule has 0 bridgehead atoms. The van der Waals surface area contributed by atoms with Gasteiger partial charge in [-0.1, -0.05) is 59.1 Å². The van der Waals surface area contributed by atoms with Gasteiger partial charge in [-0.15, -0.1) is 0 Å². The maximum Gasteiger partial charge on any atom is 0.326 e. The Labute approximate surface area is 230 Å². The lowest BCUT2D eigenvalue weighted by Crippen LogP contribution is -2.34. The second kappa shape index (κ2) is 11.2. The van der Waals surface area contributed by atoms with E-state index in [1.165, 1.54) is 0 Å². The molecule has 4 aromatic rings. The summed E-state index contributed by atoms with van der Waals surface area (Å²) in [4.78, 5) is 19.7. The number of ether oxygens (including phenoxy) is 1. The van der Waals surface area contributed by atoms with Crippen LogP contribution in [-0.2, 0) is 19.5 Å². The molecule has 6 nitrogen and oxygen atoms in total. The number of fused-ring (bicyclic) bond motifs is 3. The molecule has 0 spiro atoms. The highest BCUT2D eigenvalue weighted by Gasteiger charge is 2.27. The Morgan fingerprint density at radius 2 is 1.89 bits per heavy atom. The van der Waals surface area contributed by atoms with Crippen molar-refractivity contribution in [3.63, 3.8) is 0 Å². The van der Waals surface area contributed by atoms with E-state index in [1.807, 2.05) is 36.4 Å². The quantitative estimate of drug-likeness (QED) is 0.265. The largest absolute Gasteiger partial charge is 0.497 e. The summed E-state index contributed by atoms with van der Waals surface area (Å²) in [5, 5.41) is 5.22. The number of rotatable bonds is 6. The summed E-state index contributed by atoms with van der Waals surface area (Å²) in [6, 6.07) is 14.9. The van der Waals surface area contributed by atoms with Crippen LogP contribution in [0, 0.1) is 0 Å². The molecule has 0 atom stereocenters. The second-order valence-corrected chi connectivity index (χ2v) is 10.1. The first kappa shape index (κ1) is 25.6.